The summed E-state index contributed by atoms with van der Waals surface area (Å²) in [4.78, 5) is 5.09. The average Bonchev–Trinajstić information content (AvgIpc) is 2.83. The van der Waals surface area contributed by atoms with Crippen LogP contribution in [0.3, 0.4) is 0 Å². The number of hydrogen-bond donors (Lipinski definition) is 1. The molecule has 1 aromatic heterocycles. The van der Waals surface area contributed by atoms with Gasteiger partial charge in [-0.3, -0.25) is 0 Å². The zero-order chi connectivity index (χ0) is 15.2. The highest BCUT2D eigenvalue weighted by Gasteiger charge is 2.21. The quantitative estimate of drug-likeness (QED) is 0.735. The number of nitrogens with zero attached hydrogens (tertiary/aromatic N) is 1. The van der Waals surface area contributed by atoms with Crippen molar-refractivity contribution >= 4 is 33.0 Å². The first-order valence-electron chi connectivity index (χ1n) is 7.45. The Bertz CT molecular complexity index is 534. The van der Waals surface area contributed by atoms with Crippen LogP contribution in [0, 0.1) is 6.92 Å². The van der Waals surface area contributed by atoms with Gasteiger partial charge in [-0.2, -0.15) is 0 Å². The van der Waals surface area contributed by atoms with Gasteiger partial charge in [-0.25, -0.2) is 0 Å². The molecular weight excluding hydrogens is 344 g/mol. The Morgan fingerprint density at radius 1 is 1.29 bits per heavy atom. The molecule has 2 rings (SSSR count). The predicted octanol–water partition coefficient (Wildman–Crippen LogP) is 5.13. The van der Waals surface area contributed by atoms with Crippen LogP contribution in [0.15, 0.2) is 40.9 Å². The third kappa shape index (κ3) is 4.09. The van der Waals surface area contributed by atoms with Crippen LogP contribution in [0.2, 0.25) is 0 Å². The minimum absolute atomic E-state index is 0.244. The van der Waals surface area contributed by atoms with Gasteiger partial charge in [-0.15, -0.1) is 11.3 Å². The van der Waals surface area contributed by atoms with Gasteiger partial charge < -0.3 is 10.6 Å². The number of nitrogens with two attached hydrogens (primary N) is 1. The summed E-state index contributed by atoms with van der Waals surface area (Å²) in [5, 5.41) is 0. The van der Waals surface area contributed by atoms with E-state index < -0.39 is 0 Å². The minimum atomic E-state index is 0.244. The van der Waals surface area contributed by atoms with Crippen molar-refractivity contribution in [2.75, 3.05) is 18.0 Å². The maximum Gasteiger partial charge on any atom is 0.0757 e. The highest BCUT2D eigenvalue weighted by Crippen LogP contribution is 2.35. The maximum atomic E-state index is 6.12. The number of unbranched alkanes of at least 4 members (excludes halogenated alkanes) is 1. The van der Waals surface area contributed by atoms with E-state index in [4.69, 9.17) is 5.73 Å². The molecule has 2 aromatic rings. The lowest BCUT2D eigenvalue weighted by Crippen LogP contribution is -2.34. The Kier molecular flexibility index (Phi) is 6.27. The molecule has 0 bridgehead atoms. The average molecular weight is 367 g/mol. The van der Waals surface area contributed by atoms with Gasteiger partial charge in [-0.1, -0.05) is 31.5 Å². The summed E-state index contributed by atoms with van der Waals surface area (Å²) in [6.45, 7) is 6.04. The monoisotopic (exact) mass is 366 g/mol. The van der Waals surface area contributed by atoms with Crippen LogP contribution in [0.4, 0.5) is 5.69 Å². The van der Waals surface area contributed by atoms with Crippen molar-refractivity contribution in [3.05, 3.63) is 50.6 Å². The summed E-state index contributed by atoms with van der Waals surface area (Å²) >= 11 is 5.46. The van der Waals surface area contributed by atoms with Crippen LogP contribution in [0.1, 0.15) is 35.6 Å². The zero-order valence-electron chi connectivity index (χ0n) is 12.7. The van der Waals surface area contributed by atoms with E-state index in [0.29, 0.717) is 6.54 Å². The lowest BCUT2D eigenvalue weighted by Gasteiger charge is -2.32. The van der Waals surface area contributed by atoms with Gasteiger partial charge in [0.25, 0.3) is 0 Å². The Morgan fingerprint density at radius 2 is 2.00 bits per heavy atom. The van der Waals surface area contributed by atoms with E-state index in [1.807, 2.05) is 11.3 Å². The Morgan fingerprint density at radius 3 is 2.52 bits per heavy atom. The number of thiophene rings is 1. The van der Waals surface area contributed by atoms with E-state index >= 15 is 0 Å². The van der Waals surface area contributed by atoms with Gasteiger partial charge in [0, 0.05) is 33.0 Å². The van der Waals surface area contributed by atoms with Crippen molar-refractivity contribution in [1.82, 2.24) is 0 Å². The predicted molar refractivity (Wildman–Crippen MR) is 97.2 cm³/mol. The molecule has 1 aromatic carbocycles. The van der Waals surface area contributed by atoms with Crippen LogP contribution in [-0.4, -0.2) is 13.1 Å². The molecule has 2 nitrogen and oxygen atoms in total. The molecule has 2 N–H and O–H groups in total. The molecule has 0 aliphatic carbocycles. The van der Waals surface area contributed by atoms with Gasteiger partial charge in [0.1, 0.15) is 0 Å². The van der Waals surface area contributed by atoms with Crippen molar-refractivity contribution in [3.8, 4) is 0 Å². The second kappa shape index (κ2) is 7.97. The highest BCUT2D eigenvalue weighted by molar-refractivity contribution is 9.10. The third-order valence-electron chi connectivity index (χ3n) is 3.64. The van der Waals surface area contributed by atoms with Crippen LogP contribution < -0.4 is 10.6 Å². The number of benzene rings is 1. The smallest absolute Gasteiger partial charge is 0.0757 e. The number of hydrogen-bond acceptors (Lipinski definition) is 3. The fourth-order valence-electron chi connectivity index (χ4n) is 2.46. The molecule has 21 heavy (non-hydrogen) atoms. The van der Waals surface area contributed by atoms with E-state index in [9.17, 15) is 0 Å². The third-order valence-corrected chi connectivity index (χ3v) is 5.88. The van der Waals surface area contributed by atoms with Gasteiger partial charge >= 0.3 is 0 Å². The van der Waals surface area contributed by atoms with E-state index in [1.54, 1.807) is 0 Å². The molecule has 0 saturated carbocycles. The molecule has 0 aliphatic heterocycles. The molecule has 114 valence electrons. The summed E-state index contributed by atoms with van der Waals surface area (Å²) < 4.78 is 1.18. The lowest BCUT2D eigenvalue weighted by molar-refractivity contribution is 0.612. The second-order valence-electron chi connectivity index (χ2n) is 5.19. The van der Waals surface area contributed by atoms with Crippen molar-refractivity contribution in [1.29, 1.82) is 0 Å². The topological polar surface area (TPSA) is 29.3 Å². The molecule has 1 atom stereocenters. The molecule has 1 heterocycles. The first-order valence-corrected chi connectivity index (χ1v) is 9.06. The number of rotatable bonds is 7. The molecule has 0 radical (unpaired) electrons. The van der Waals surface area contributed by atoms with E-state index in [1.165, 1.54) is 32.8 Å². The summed E-state index contributed by atoms with van der Waals surface area (Å²) in [7, 11) is 0. The van der Waals surface area contributed by atoms with Crippen molar-refractivity contribution in [3.63, 3.8) is 0 Å². The van der Waals surface area contributed by atoms with E-state index in [0.717, 1.165) is 6.54 Å². The standard InChI is InChI=1S/C17H23BrN2S/c1-3-4-10-20(14-8-6-5-7-9-14)16(12-19)17-11-15(18)13(2)21-17/h5-9,11,16H,3-4,10,12,19H2,1-2H3. The Hall–Kier alpha value is -0.840. The molecular formula is C17H23BrN2S. The first kappa shape index (κ1) is 16.5. The van der Waals surface area contributed by atoms with Crippen LogP contribution >= 0.6 is 27.3 Å². The van der Waals surface area contributed by atoms with Crippen molar-refractivity contribution < 1.29 is 0 Å². The molecule has 1 unspecified atom stereocenters. The summed E-state index contributed by atoms with van der Waals surface area (Å²) in [6, 6.07) is 13.1. The van der Waals surface area contributed by atoms with E-state index in [2.05, 4.69) is 71.1 Å². The summed E-state index contributed by atoms with van der Waals surface area (Å²) in [6.07, 6.45) is 2.37. The van der Waals surface area contributed by atoms with E-state index in [-0.39, 0.29) is 6.04 Å². The van der Waals surface area contributed by atoms with Crippen LogP contribution in [-0.2, 0) is 0 Å². The van der Waals surface area contributed by atoms with Crippen molar-refractivity contribution in [2.45, 2.75) is 32.7 Å². The SMILES string of the molecule is CCCCN(c1ccccc1)C(CN)c1cc(Br)c(C)s1. The highest BCUT2D eigenvalue weighted by atomic mass is 79.9. The van der Waals surface area contributed by atoms with Crippen molar-refractivity contribution in [2.24, 2.45) is 5.73 Å². The Balaban J connectivity index is 2.32. The minimum Gasteiger partial charge on any atom is -0.362 e. The molecule has 0 fully saturated rings. The van der Waals surface area contributed by atoms with Gasteiger partial charge in [-0.05, 0) is 47.5 Å². The lowest BCUT2D eigenvalue weighted by atomic mass is 10.1. The first-order chi connectivity index (χ1) is 10.2. The Labute approximate surface area is 140 Å². The van der Waals surface area contributed by atoms with Gasteiger partial charge in [0.05, 0.1) is 6.04 Å². The zero-order valence-corrected chi connectivity index (χ0v) is 15.1. The molecule has 4 heteroatoms. The summed E-state index contributed by atoms with van der Waals surface area (Å²) in [5.41, 5.74) is 7.38. The normalized spacial score (nSPS) is 12.4. The molecule has 0 amide bonds. The molecule has 0 aliphatic rings. The van der Waals surface area contributed by atoms with Crippen LogP contribution in [0.25, 0.3) is 0 Å². The number of anilines is 1. The molecule has 0 spiro atoms. The summed E-state index contributed by atoms with van der Waals surface area (Å²) in [5.74, 6) is 0. The van der Waals surface area contributed by atoms with Gasteiger partial charge in [0.15, 0.2) is 0 Å². The number of aryl methyl sites for hydroxylation is 1. The van der Waals surface area contributed by atoms with Crippen LogP contribution in [0.5, 0.6) is 0 Å². The molecule has 0 saturated heterocycles. The second-order valence-corrected chi connectivity index (χ2v) is 7.33. The largest absolute Gasteiger partial charge is 0.362 e. The van der Waals surface area contributed by atoms with Gasteiger partial charge in [0.2, 0.25) is 0 Å². The fraction of sp³-hybridized carbons (Fsp3) is 0.412. The number of halogens is 1. The maximum absolute atomic E-state index is 6.12. The number of para-hydroxylation sites is 1. The fourth-order valence-corrected chi connectivity index (χ4v) is 4.14.